The van der Waals surface area contributed by atoms with Crippen LogP contribution in [-0.2, 0) is 15.8 Å². The molecule has 0 spiro atoms. The number of carbonyl (C=O) groups excluding carboxylic acids is 2. The van der Waals surface area contributed by atoms with E-state index >= 15 is 0 Å². The molecule has 0 fully saturated rings. The van der Waals surface area contributed by atoms with E-state index in [4.69, 9.17) is 10.5 Å². The summed E-state index contributed by atoms with van der Waals surface area (Å²) in [4.78, 5) is 34.2. The summed E-state index contributed by atoms with van der Waals surface area (Å²) in [7, 11) is 0. The molecule has 2 aromatic carbocycles. The Bertz CT molecular complexity index is 1500. The van der Waals surface area contributed by atoms with Crippen LogP contribution in [0.4, 0.5) is 4.39 Å². The average Bonchev–Trinajstić information content (AvgIpc) is 3.47. The zero-order chi connectivity index (χ0) is 25.7. The van der Waals surface area contributed by atoms with Gasteiger partial charge in [-0.15, -0.1) is 11.3 Å². The van der Waals surface area contributed by atoms with Gasteiger partial charge in [0, 0.05) is 23.1 Å². The lowest BCUT2D eigenvalue weighted by Gasteiger charge is -2.26. The molecule has 1 aliphatic rings. The van der Waals surface area contributed by atoms with Gasteiger partial charge in [-0.1, -0.05) is 0 Å². The number of Topliss-reactive ketones (excluding diaryl/α,β-unsaturated/α-hetero) is 1. The fraction of sp³-hybridized carbons (Fsp3) is 0.259. The molecule has 0 saturated carbocycles. The van der Waals surface area contributed by atoms with Gasteiger partial charge in [0.25, 0.3) is 0 Å². The summed E-state index contributed by atoms with van der Waals surface area (Å²) in [5.74, 6) is -0.722. The van der Waals surface area contributed by atoms with Crippen molar-refractivity contribution in [2.45, 2.75) is 37.7 Å². The second-order valence-corrected chi connectivity index (χ2v) is 10.3. The molecule has 0 radical (unpaired) electrons. The number of nitrogens with two attached hydrogens (primary N) is 1. The number of amides is 1. The SMILES string of the molecule is C[C@](O)(CCC(=O)c1ccc2ncsc2c1)c1cc2c(c(-c3ccc(F)cc3)n1)OC[C@]2(C)C(N)=O. The fourth-order valence-electron chi connectivity index (χ4n) is 4.32. The zero-order valence-electron chi connectivity index (χ0n) is 19.7. The van der Waals surface area contributed by atoms with Crippen LogP contribution in [0.25, 0.3) is 21.5 Å². The molecule has 2 atom stereocenters. The predicted molar refractivity (Wildman–Crippen MR) is 134 cm³/mol. The van der Waals surface area contributed by atoms with Crippen molar-refractivity contribution in [1.82, 2.24) is 9.97 Å². The molecule has 0 bridgehead atoms. The van der Waals surface area contributed by atoms with Crippen molar-refractivity contribution in [3.05, 3.63) is 76.7 Å². The number of primary amides is 1. The number of hydrogen-bond donors (Lipinski definition) is 2. The first-order valence-corrected chi connectivity index (χ1v) is 12.3. The number of carbonyl (C=O) groups is 2. The molecule has 5 rings (SSSR count). The van der Waals surface area contributed by atoms with Gasteiger partial charge in [0.1, 0.15) is 34.9 Å². The maximum absolute atomic E-state index is 13.6. The highest BCUT2D eigenvalue weighted by molar-refractivity contribution is 7.16. The third-order valence-corrected chi connectivity index (χ3v) is 7.57. The van der Waals surface area contributed by atoms with E-state index in [1.54, 1.807) is 55.8 Å². The van der Waals surface area contributed by atoms with Crippen molar-refractivity contribution in [3.63, 3.8) is 0 Å². The van der Waals surface area contributed by atoms with Crippen LogP contribution < -0.4 is 10.5 Å². The molecule has 3 heterocycles. The van der Waals surface area contributed by atoms with Crippen LogP contribution in [0.3, 0.4) is 0 Å². The molecule has 9 heteroatoms. The Hall–Kier alpha value is -3.69. The predicted octanol–water partition coefficient (Wildman–Crippen LogP) is 4.50. The molecule has 0 unspecified atom stereocenters. The number of pyridine rings is 1. The molecule has 1 aliphatic heterocycles. The van der Waals surface area contributed by atoms with Crippen molar-refractivity contribution in [2.24, 2.45) is 5.73 Å². The molecular formula is C27H24FN3O4S. The lowest BCUT2D eigenvalue weighted by atomic mass is 9.81. The minimum Gasteiger partial charge on any atom is -0.489 e. The van der Waals surface area contributed by atoms with E-state index < -0.39 is 22.7 Å². The number of fused-ring (bicyclic) bond motifs is 2. The maximum atomic E-state index is 13.6. The van der Waals surface area contributed by atoms with E-state index in [1.807, 2.05) is 0 Å². The van der Waals surface area contributed by atoms with Gasteiger partial charge in [-0.2, -0.15) is 0 Å². The normalized spacial score (nSPS) is 18.4. The summed E-state index contributed by atoms with van der Waals surface area (Å²) in [6.45, 7) is 3.28. The fourth-order valence-corrected chi connectivity index (χ4v) is 5.04. The number of ether oxygens (including phenoxy) is 1. The standard InChI is InChI=1S/C27H24FN3O4S/c1-26(25(29)33)13-35-24-18(26)12-22(31-23(24)15-3-6-17(28)7-4-15)27(2,34)10-9-20(32)16-5-8-19-21(11-16)36-14-30-19/h3-8,11-12,14,34H,9-10,13H2,1-2H3,(H2,29,33)/t26-,27-/m0/s1. The van der Waals surface area contributed by atoms with Crippen molar-refractivity contribution in [1.29, 1.82) is 0 Å². The second-order valence-electron chi connectivity index (χ2n) is 9.46. The van der Waals surface area contributed by atoms with E-state index in [2.05, 4.69) is 9.97 Å². The monoisotopic (exact) mass is 505 g/mol. The van der Waals surface area contributed by atoms with Crippen LogP contribution in [0.5, 0.6) is 5.75 Å². The molecule has 0 aliphatic carbocycles. The minimum absolute atomic E-state index is 0.0255. The molecule has 3 N–H and O–H groups in total. The average molecular weight is 506 g/mol. The van der Waals surface area contributed by atoms with E-state index in [-0.39, 0.29) is 30.9 Å². The number of benzene rings is 2. The zero-order valence-corrected chi connectivity index (χ0v) is 20.6. The smallest absolute Gasteiger partial charge is 0.231 e. The number of aromatic nitrogens is 2. The van der Waals surface area contributed by atoms with E-state index in [1.165, 1.54) is 23.5 Å². The van der Waals surface area contributed by atoms with Gasteiger partial charge in [-0.3, -0.25) is 9.59 Å². The molecule has 7 nitrogen and oxygen atoms in total. The van der Waals surface area contributed by atoms with Gasteiger partial charge in [-0.25, -0.2) is 14.4 Å². The van der Waals surface area contributed by atoms with Crippen LogP contribution in [0.1, 0.15) is 48.3 Å². The quantitative estimate of drug-likeness (QED) is 0.357. The van der Waals surface area contributed by atoms with Crippen molar-refractivity contribution < 1.29 is 23.8 Å². The highest BCUT2D eigenvalue weighted by Gasteiger charge is 2.45. The number of nitrogens with zero attached hydrogens (tertiary/aromatic N) is 2. The van der Waals surface area contributed by atoms with E-state index in [0.29, 0.717) is 28.1 Å². The summed E-state index contributed by atoms with van der Waals surface area (Å²) in [6, 6.07) is 12.7. The lowest BCUT2D eigenvalue weighted by Crippen LogP contribution is -2.40. The summed E-state index contributed by atoms with van der Waals surface area (Å²) in [5, 5.41) is 11.4. The Morgan fingerprint density at radius 1 is 1.22 bits per heavy atom. The Morgan fingerprint density at radius 3 is 2.69 bits per heavy atom. The molecule has 36 heavy (non-hydrogen) atoms. The first-order chi connectivity index (χ1) is 17.1. The molecule has 2 aromatic heterocycles. The number of ketones is 1. The number of hydrogen-bond acceptors (Lipinski definition) is 7. The number of halogens is 1. The van der Waals surface area contributed by atoms with Crippen LogP contribution in [-0.4, -0.2) is 33.4 Å². The van der Waals surface area contributed by atoms with Gasteiger partial charge in [0.2, 0.25) is 5.91 Å². The van der Waals surface area contributed by atoms with Gasteiger partial charge >= 0.3 is 0 Å². The van der Waals surface area contributed by atoms with Gasteiger partial charge in [0.05, 0.1) is 21.4 Å². The van der Waals surface area contributed by atoms with Gasteiger partial charge in [-0.05, 0) is 68.8 Å². The molecule has 4 aromatic rings. The Kier molecular flexibility index (Phi) is 5.84. The second kappa shape index (κ2) is 8.76. The van der Waals surface area contributed by atoms with Gasteiger partial charge in [0.15, 0.2) is 5.78 Å². The van der Waals surface area contributed by atoms with E-state index in [9.17, 15) is 19.1 Å². The summed E-state index contributed by atoms with van der Waals surface area (Å²) in [5.41, 5.74) is 7.89. The van der Waals surface area contributed by atoms with Crippen molar-refractivity contribution >= 4 is 33.2 Å². The summed E-state index contributed by atoms with van der Waals surface area (Å²) in [6.07, 6.45) is 0.168. The van der Waals surface area contributed by atoms with Crippen molar-refractivity contribution in [3.8, 4) is 17.0 Å². The largest absolute Gasteiger partial charge is 0.489 e. The van der Waals surface area contributed by atoms with E-state index in [0.717, 1.165) is 10.2 Å². The molecule has 184 valence electrons. The van der Waals surface area contributed by atoms with Crippen LogP contribution in [0.15, 0.2) is 54.0 Å². The molecular weight excluding hydrogens is 481 g/mol. The van der Waals surface area contributed by atoms with Crippen molar-refractivity contribution in [2.75, 3.05) is 6.61 Å². The van der Waals surface area contributed by atoms with Crippen LogP contribution >= 0.6 is 11.3 Å². The Labute approximate surface area is 210 Å². The molecule has 1 amide bonds. The number of rotatable bonds is 7. The summed E-state index contributed by atoms with van der Waals surface area (Å²) < 4.78 is 20.3. The first kappa shape index (κ1) is 24.0. The Morgan fingerprint density at radius 2 is 1.97 bits per heavy atom. The minimum atomic E-state index is -1.50. The molecule has 0 saturated heterocycles. The highest BCUT2D eigenvalue weighted by Crippen LogP contribution is 2.46. The summed E-state index contributed by atoms with van der Waals surface area (Å²) >= 11 is 1.46. The van der Waals surface area contributed by atoms with Gasteiger partial charge < -0.3 is 15.6 Å². The first-order valence-electron chi connectivity index (χ1n) is 11.4. The Balaban J connectivity index is 1.50. The van der Waals surface area contributed by atoms with Crippen LogP contribution in [0.2, 0.25) is 0 Å². The van der Waals surface area contributed by atoms with Crippen LogP contribution in [0, 0.1) is 5.82 Å². The third kappa shape index (κ3) is 4.14. The highest BCUT2D eigenvalue weighted by atomic mass is 32.1. The number of thiazole rings is 1. The topological polar surface area (TPSA) is 115 Å². The third-order valence-electron chi connectivity index (χ3n) is 6.78. The maximum Gasteiger partial charge on any atom is 0.231 e. The lowest BCUT2D eigenvalue weighted by molar-refractivity contribution is -0.123. The number of aliphatic hydroxyl groups is 1.